The van der Waals surface area contributed by atoms with E-state index in [0.717, 1.165) is 8.66 Å². The van der Waals surface area contributed by atoms with E-state index in [4.69, 9.17) is 5.11 Å². The van der Waals surface area contributed by atoms with Gasteiger partial charge >= 0.3 is 5.97 Å². The van der Waals surface area contributed by atoms with Crippen molar-refractivity contribution in [3.05, 3.63) is 20.8 Å². The van der Waals surface area contributed by atoms with Crippen LogP contribution in [0.15, 0.2) is 15.9 Å². The second-order valence-electron chi connectivity index (χ2n) is 3.33. The third-order valence-electron chi connectivity index (χ3n) is 1.96. The number of halogens is 1. The summed E-state index contributed by atoms with van der Waals surface area (Å²) in [5.41, 5.74) is 0. The first kappa shape index (κ1) is 13.2. The van der Waals surface area contributed by atoms with Crippen molar-refractivity contribution >= 4 is 39.1 Å². The molecule has 1 aromatic heterocycles. The molecule has 4 nitrogen and oxygen atoms in total. The summed E-state index contributed by atoms with van der Waals surface area (Å²) in [5, 5.41) is 11.4. The minimum absolute atomic E-state index is 0.0421. The smallest absolute Gasteiger partial charge is 0.303 e. The quantitative estimate of drug-likeness (QED) is 0.878. The Balaban J connectivity index is 2.70. The summed E-state index contributed by atoms with van der Waals surface area (Å²) in [6.45, 7) is 1.43. The van der Waals surface area contributed by atoms with Crippen LogP contribution in [0.1, 0.15) is 30.7 Å². The molecule has 1 aromatic rings. The molecule has 0 spiro atoms. The summed E-state index contributed by atoms with van der Waals surface area (Å²) in [6, 6.07) is 3.55. The van der Waals surface area contributed by atoms with Crippen LogP contribution in [-0.2, 0) is 9.59 Å². The van der Waals surface area contributed by atoms with Crippen molar-refractivity contribution in [2.75, 3.05) is 0 Å². The van der Waals surface area contributed by atoms with Gasteiger partial charge in [0.2, 0.25) is 5.91 Å². The topological polar surface area (TPSA) is 66.4 Å². The van der Waals surface area contributed by atoms with Crippen molar-refractivity contribution in [1.82, 2.24) is 5.32 Å². The van der Waals surface area contributed by atoms with Crippen LogP contribution in [0.25, 0.3) is 0 Å². The molecule has 0 aliphatic carbocycles. The van der Waals surface area contributed by atoms with Crippen LogP contribution in [0.3, 0.4) is 0 Å². The molecule has 1 rings (SSSR count). The van der Waals surface area contributed by atoms with Crippen molar-refractivity contribution in [3.63, 3.8) is 0 Å². The normalized spacial score (nSPS) is 12.1. The van der Waals surface area contributed by atoms with Gasteiger partial charge in [0.1, 0.15) is 0 Å². The Hall–Kier alpha value is -0.880. The van der Waals surface area contributed by atoms with Crippen LogP contribution in [-0.4, -0.2) is 17.0 Å². The molecule has 88 valence electrons. The Morgan fingerprint density at radius 3 is 2.69 bits per heavy atom. The minimum Gasteiger partial charge on any atom is -0.481 e. The van der Waals surface area contributed by atoms with Gasteiger partial charge in [-0.2, -0.15) is 0 Å². The summed E-state index contributed by atoms with van der Waals surface area (Å²) in [7, 11) is 0. The van der Waals surface area contributed by atoms with Gasteiger partial charge < -0.3 is 10.4 Å². The Bertz CT molecular complexity index is 391. The van der Waals surface area contributed by atoms with E-state index in [1.807, 2.05) is 12.1 Å². The summed E-state index contributed by atoms with van der Waals surface area (Å²) in [6.07, 6.45) is 0.447. The Labute approximate surface area is 106 Å². The molecule has 2 N–H and O–H groups in total. The summed E-state index contributed by atoms with van der Waals surface area (Å²) < 4.78 is 0.966. The zero-order valence-corrected chi connectivity index (χ0v) is 11.1. The van der Waals surface area contributed by atoms with Gasteiger partial charge in [0, 0.05) is 18.2 Å². The average Bonchev–Trinajstić information content (AvgIpc) is 2.58. The molecular formula is C10H12BrNO3S. The van der Waals surface area contributed by atoms with E-state index < -0.39 is 5.97 Å². The molecular weight excluding hydrogens is 294 g/mol. The first-order chi connectivity index (χ1) is 7.49. The molecule has 0 aliphatic heterocycles. The lowest BCUT2D eigenvalue weighted by Gasteiger charge is -2.15. The van der Waals surface area contributed by atoms with E-state index >= 15 is 0 Å². The second-order valence-corrected chi connectivity index (χ2v) is 5.82. The molecule has 1 unspecified atom stereocenters. The zero-order chi connectivity index (χ0) is 12.1. The van der Waals surface area contributed by atoms with Gasteiger partial charge in [-0.05, 0) is 34.5 Å². The van der Waals surface area contributed by atoms with E-state index in [-0.39, 0.29) is 18.4 Å². The molecule has 0 saturated carbocycles. The van der Waals surface area contributed by atoms with E-state index in [9.17, 15) is 9.59 Å². The number of amides is 1. The monoisotopic (exact) mass is 305 g/mol. The van der Waals surface area contributed by atoms with Crippen LogP contribution >= 0.6 is 27.3 Å². The molecule has 1 heterocycles. The highest BCUT2D eigenvalue weighted by Gasteiger charge is 2.16. The van der Waals surface area contributed by atoms with E-state index in [1.165, 1.54) is 18.3 Å². The second kappa shape index (κ2) is 6.00. The number of rotatable bonds is 5. The number of carbonyl (C=O) groups is 2. The lowest BCUT2D eigenvalue weighted by atomic mass is 10.1. The zero-order valence-electron chi connectivity index (χ0n) is 8.70. The molecule has 0 aromatic carbocycles. The highest BCUT2D eigenvalue weighted by molar-refractivity contribution is 9.11. The molecule has 0 fully saturated rings. The van der Waals surface area contributed by atoms with Gasteiger partial charge in [-0.25, -0.2) is 0 Å². The standard InChI is InChI=1S/C10H12BrNO3S/c1-6(13)12-7(2-5-10(14)15)8-3-4-9(11)16-8/h3-4,7H,2,5H2,1H3,(H,12,13)(H,14,15). The first-order valence-corrected chi connectivity index (χ1v) is 6.34. The molecule has 6 heteroatoms. The van der Waals surface area contributed by atoms with Gasteiger partial charge in [-0.3, -0.25) is 9.59 Å². The fourth-order valence-corrected chi connectivity index (χ4v) is 2.82. The number of carboxylic acid groups (broad SMARTS) is 1. The maximum absolute atomic E-state index is 11.0. The van der Waals surface area contributed by atoms with Crippen LogP contribution in [0, 0.1) is 0 Å². The lowest BCUT2D eigenvalue weighted by Crippen LogP contribution is -2.25. The minimum atomic E-state index is -0.856. The van der Waals surface area contributed by atoms with Gasteiger partial charge in [-0.15, -0.1) is 11.3 Å². The van der Waals surface area contributed by atoms with Crippen LogP contribution in [0.5, 0.6) is 0 Å². The maximum Gasteiger partial charge on any atom is 0.303 e. The van der Waals surface area contributed by atoms with E-state index in [2.05, 4.69) is 21.2 Å². The fraction of sp³-hybridized carbons (Fsp3) is 0.400. The highest BCUT2D eigenvalue weighted by Crippen LogP contribution is 2.29. The third-order valence-corrected chi connectivity index (χ3v) is 3.70. The number of nitrogens with one attached hydrogen (secondary N) is 1. The lowest BCUT2D eigenvalue weighted by molar-refractivity contribution is -0.137. The van der Waals surface area contributed by atoms with E-state index in [0.29, 0.717) is 6.42 Å². The third kappa shape index (κ3) is 4.32. The molecule has 16 heavy (non-hydrogen) atoms. The van der Waals surface area contributed by atoms with E-state index in [1.54, 1.807) is 0 Å². The molecule has 0 radical (unpaired) electrons. The Morgan fingerprint density at radius 2 is 2.25 bits per heavy atom. The molecule has 0 aliphatic rings. The van der Waals surface area contributed by atoms with Crippen molar-refractivity contribution in [2.45, 2.75) is 25.8 Å². The molecule has 0 bridgehead atoms. The molecule has 0 saturated heterocycles. The van der Waals surface area contributed by atoms with Crippen LogP contribution in [0.2, 0.25) is 0 Å². The van der Waals surface area contributed by atoms with Gasteiger partial charge in [0.05, 0.1) is 9.83 Å². The van der Waals surface area contributed by atoms with Gasteiger partial charge in [0.25, 0.3) is 0 Å². The van der Waals surface area contributed by atoms with Crippen molar-refractivity contribution in [3.8, 4) is 0 Å². The predicted octanol–water partition coefficient (Wildman–Crippen LogP) is 2.55. The van der Waals surface area contributed by atoms with Crippen molar-refractivity contribution in [2.24, 2.45) is 0 Å². The SMILES string of the molecule is CC(=O)NC(CCC(=O)O)c1ccc(Br)s1. The highest BCUT2D eigenvalue weighted by atomic mass is 79.9. The van der Waals surface area contributed by atoms with Crippen molar-refractivity contribution in [1.29, 1.82) is 0 Å². The number of thiophene rings is 1. The number of carboxylic acids is 1. The largest absolute Gasteiger partial charge is 0.481 e. The summed E-state index contributed by atoms with van der Waals surface area (Å²) in [4.78, 5) is 22.5. The molecule has 1 amide bonds. The Morgan fingerprint density at radius 1 is 1.56 bits per heavy atom. The summed E-state index contributed by atoms with van der Waals surface area (Å²) >= 11 is 4.83. The van der Waals surface area contributed by atoms with Gasteiger partial charge in [0.15, 0.2) is 0 Å². The predicted molar refractivity (Wildman–Crippen MR) is 65.4 cm³/mol. The van der Waals surface area contributed by atoms with Gasteiger partial charge in [-0.1, -0.05) is 0 Å². The first-order valence-electron chi connectivity index (χ1n) is 4.73. The van der Waals surface area contributed by atoms with Crippen LogP contribution < -0.4 is 5.32 Å². The Kier molecular flexibility index (Phi) is 4.95. The number of carbonyl (C=O) groups excluding carboxylic acids is 1. The fourth-order valence-electron chi connectivity index (χ4n) is 1.31. The number of hydrogen-bond donors (Lipinski definition) is 2. The summed E-state index contributed by atoms with van der Waals surface area (Å²) in [5.74, 6) is -1.01. The molecule has 1 atom stereocenters. The maximum atomic E-state index is 11.0. The number of aliphatic carboxylic acids is 1. The van der Waals surface area contributed by atoms with Crippen molar-refractivity contribution < 1.29 is 14.7 Å². The van der Waals surface area contributed by atoms with Crippen LogP contribution in [0.4, 0.5) is 0 Å². The number of hydrogen-bond acceptors (Lipinski definition) is 3. The average molecular weight is 306 g/mol.